The van der Waals surface area contributed by atoms with Crippen LogP contribution in [0.5, 0.6) is 5.75 Å². The van der Waals surface area contributed by atoms with Crippen LogP contribution in [0.15, 0.2) is 72.8 Å². The van der Waals surface area contributed by atoms with Gasteiger partial charge < -0.3 is 19.3 Å². The molecule has 3 aromatic carbocycles. The SMILES string of the molecule is Cc1cc(C)cc(OC[C@H](O)Cn2c([C@H]3CC(=O)N(Cc4ccccc4)C3)nc3ccccc32)c1. The quantitative estimate of drug-likeness (QED) is 0.409. The summed E-state index contributed by atoms with van der Waals surface area (Å²) in [4.78, 5) is 19.6. The van der Waals surface area contributed by atoms with Crippen molar-refractivity contribution in [2.75, 3.05) is 13.2 Å². The maximum Gasteiger partial charge on any atom is 0.223 e. The number of ether oxygens (including phenoxy) is 1. The lowest BCUT2D eigenvalue weighted by molar-refractivity contribution is -0.128. The predicted octanol–water partition coefficient (Wildman–Crippen LogP) is 4.61. The van der Waals surface area contributed by atoms with E-state index < -0.39 is 6.10 Å². The Morgan fingerprint density at radius 2 is 1.74 bits per heavy atom. The zero-order valence-corrected chi connectivity index (χ0v) is 20.2. The second-order valence-electron chi connectivity index (χ2n) is 9.52. The second kappa shape index (κ2) is 9.92. The molecule has 2 heterocycles. The van der Waals surface area contributed by atoms with Gasteiger partial charge in [-0.2, -0.15) is 0 Å². The van der Waals surface area contributed by atoms with E-state index in [0.717, 1.165) is 39.3 Å². The monoisotopic (exact) mass is 469 g/mol. The summed E-state index contributed by atoms with van der Waals surface area (Å²) in [5.41, 5.74) is 5.21. The number of carbonyl (C=O) groups excluding carboxylic acids is 1. The molecule has 180 valence electrons. The van der Waals surface area contributed by atoms with Crippen LogP contribution < -0.4 is 4.74 Å². The molecule has 1 aliphatic rings. The molecule has 1 fully saturated rings. The number of likely N-dealkylation sites (tertiary alicyclic amines) is 1. The van der Waals surface area contributed by atoms with Crippen LogP contribution in [0.25, 0.3) is 11.0 Å². The van der Waals surface area contributed by atoms with Gasteiger partial charge in [0.25, 0.3) is 0 Å². The number of aromatic nitrogens is 2. The highest BCUT2D eigenvalue weighted by Gasteiger charge is 2.34. The van der Waals surface area contributed by atoms with Crippen LogP contribution in [0, 0.1) is 13.8 Å². The van der Waals surface area contributed by atoms with Crippen LogP contribution in [-0.2, 0) is 17.9 Å². The maximum absolute atomic E-state index is 12.8. The predicted molar refractivity (Wildman–Crippen MR) is 136 cm³/mol. The van der Waals surface area contributed by atoms with E-state index in [1.807, 2.05) is 85.5 Å². The van der Waals surface area contributed by atoms with E-state index in [4.69, 9.17) is 9.72 Å². The summed E-state index contributed by atoms with van der Waals surface area (Å²) in [6.07, 6.45) is -0.296. The van der Waals surface area contributed by atoms with Crippen LogP contribution in [0.4, 0.5) is 0 Å². The van der Waals surface area contributed by atoms with Crippen molar-refractivity contribution in [3.05, 3.63) is 95.3 Å². The van der Waals surface area contributed by atoms with E-state index in [9.17, 15) is 9.90 Å². The largest absolute Gasteiger partial charge is 0.491 e. The highest BCUT2D eigenvalue weighted by Crippen LogP contribution is 2.31. The molecule has 6 nitrogen and oxygen atoms in total. The van der Waals surface area contributed by atoms with Crippen LogP contribution in [0.2, 0.25) is 0 Å². The maximum atomic E-state index is 12.8. The summed E-state index contributed by atoms with van der Waals surface area (Å²) in [6.45, 7) is 5.81. The topological polar surface area (TPSA) is 67.6 Å². The molecule has 0 saturated carbocycles. The number of imidazole rings is 1. The molecule has 1 amide bonds. The van der Waals surface area contributed by atoms with Crippen molar-refractivity contribution in [2.45, 2.75) is 45.4 Å². The highest BCUT2D eigenvalue weighted by atomic mass is 16.5. The van der Waals surface area contributed by atoms with Gasteiger partial charge in [-0.05, 0) is 54.8 Å². The molecular weight excluding hydrogens is 438 g/mol. The van der Waals surface area contributed by atoms with E-state index in [2.05, 4.69) is 10.6 Å². The van der Waals surface area contributed by atoms with Gasteiger partial charge >= 0.3 is 0 Å². The molecule has 4 aromatic rings. The van der Waals surface area contributed by atoms with Crippen molar-refractivity contribution in [3.63, 3.8) is 0 Å². The average molecular weight is 470 g/mol. The number of hydrogen-bond donors (Lipinski definition) is 1. The first-order valence-electron chi connectivity index (χ1n) is 12.1. The Balaban J connectivity index is 1.34. The van der Waals surface area contributed by atoms with Crippen LogP contribution in [-0.4, -0.2) is 44.7 Å². The van der Waals surface area contributed by atoms with Crippen molar-refractivity contribution in [2.24, 2.45) is 0 Å². The van der Waals surface area contributed by atoms with Gasteiger partial charge in [0, 0.05) is 25.4 Å². The molecule has 6 heteroatoms. The van der Waals surface area contributed by atoms with Crippen LogP contribution >= 0.6 is 0 Å². The van der Waals surface area contributed by atoms with E-state index in [-0.39, 0.29) is 18.4 Å². The fraction of sp³-hybridized carbons (Fsp3) is 0.310. The van der Waals surface area contributed by atoms with E-state index in [1.165, 1.54) is 0 Å². The fourth-order valence-corrected chi connectivity index (χ4v) is 4.97. The van der Waals surface area contributed by atoms with Crippen molar-refractivity contribution >= 4 is 16.9 Å². The number of hydrogen-bond acceptors (Lipinski definition) is 4. The number of amides is 1. The third kappa shape index (κ3) is 5.23. The first kappa shape index (κ1) is 23.1. The minimum absolute atomic E-state index is 0.0221. The van der Waals surface area contributed by atoms with E-state index >= 15 is 0 Å². The van der Waals surface area contributed by atoms with Crippen molar-refractivity contribution < 1.29 is 14.6 Å². The van der Waals surface area contributed by atoms with E-state index in [0.29, 0.717) is 26.1 Å². The lowest BCUT2D eigenvalue weighted by Gasteiger charge is -2.19. The molecule has 1 saturated heterocycles. The third-order valence-electron chi connectivity index (χ3n) is 6.51. The number of aliphatic hydroxyl groups excluding tert-OH is 1. The number of carbonyl (C=O) groups is 1. The van der Waals surface area contributed by atoms with Gasteiger partial charge in [0.15, 0.2) is 0 Å². The molecule has 0 aliphatic carbocycles. The standard InChI is InChI=1S/C29H31N3O3/c1-20-12-21(2)14-25(13-20)35-19-24(33)18-32-27-11-7-6-10-26(27)30-29(32)23-15-28(34)31(17-23)16-22-8-4-3-5-9-22/h3-14,23-24,33H,15-19H2,1-2H3/t23-,24+/m0/s1. The number of para-hydroxylation sites is 2. The first-order valence-corrected chi connectivity index (χ1v) is 12.1. The van der Waals surface area contributed by atoms with Gasteiger partial charge in [-0.1, -0.05) is 48.5 Å². The lowest BCUT2D eigenvalue weighted by atomic mass is 10.1. The smallest absolute Gasteiger partial charge is 0.223 e. The Hall–Kier alpha value is -3.64. The Labute approximate surface area is 205 Å². The molecule has 0 spiro atoms. The molecule has 2 atom stereocenters. The summed E-state index contributed by atoms with van der Waals surface area (Å²) < 4.78 is 7.97. The van der Waals surface area contributed by atoms with Crippen molar-refractivity contribution in [3.8, 4) is 5.75 Å². The molecule has 0 bridgehead atoms. The summed E-state index contributed by atoms with van der Waals surface area (Å²) >= 11 is 0. The zero-order chi connectivity index (χ0) is 24.4. The number of aryl methyl sites for hydroxylation is 2. The minimum Gasteiger partial charge on any atom is -0.491 e. The Bertz CT molecular complexity index is 1310. The first-order chi connectivity index (χ1) is 17.0. The van der Waals surface area contributed by atoms with E-state index in [1.54, 1.807) is 0 Å². The Morgan fingerprint density at radius 3 is 2.51 bits per heavy atom. The Morgan fingerprint density at radius 1 is 1.03 bits per heavy atom. The zero-order valence-electron chi connectivity index (χ0n) is 20.2. The normalized spacial score (nSPS) is 16.7. The van der Waals surface area contributed by atoms with Crippen molar-refractivity contribution in [1.82, 2.24) is 14.5 Å². The summed E-state index contributed by atoms with van der Waals surface area (Å²) in [7, 11) is 0. The second-order valence-corrected chi connectivity index (χ2v) is 9.52. The molecule has 1 aliphatic heterocycles. The van der Waals surface area contributed by atoms with Gasteiger partial charge in [0.1, 0.15) is 24.3 Å². The van der Waals surface area contributed by atoms with Crippen molar-refractivity contribution in [1.29, 1.82) is 0 Å². The number of aliphatic hydroxyl groups is 1. The average Bonchev–Trinajstić information content (AvgIpc) is 3.38. The molecule has 1 N–H and O–H groups in total. The molecule has 5 rings (SSSR count). The van der Waals surface area contributed by atoms with Gasteiger partial charge in [0.05, 0.1) is 17.6 Å². The summed E-state index contributed by atoms with van der Waals surface area (Å²) in [6, 6.07) is 24.0. The number of fused-ring (bicyclic) bond motifs is 1. The minimum atomic E-state index is -0.718. The van der Waals surface area contributed by atoms with Gasteiger partial charge in [-0.15, -0.1) is 0 Å². The van der Waals surface area contributed by atoms with Gasteiger partial charge in [-0.25, -0.2) is 4.98 Å². The molecule has 0 unspecified atom stereocenters. The molecule has 35 heavy (non-hydrogen) atoms. The number of rotatable bonds is 8. The lowest BCUT2D eigenvalue weighted by Crippen LogP contribution is -2.26. The highest BCUT2D eigenvalue weighted by molar-refractivity contribution is 5.81. The Kier molecular flexibility index (Phi) is 6.55. The summed E-state index contributed by atoms with van der Waals surface area (Å²) in [5.74, 6) is 1.72. The summed E-state index contributed by atoms with van der Waals surface area (Å²) in [5, 5.41) is 10.9. The van der Waals surface area contributed by atoms with Crippen LogP contribution in [0.3, 0.4) is 0 Å². The molecule has 0 radical (unpaired) electrons. The van der Waals surface area contributed by atoms with Gasteiger partial charge in [0.2, 0.25) is 5.91 Å². The fourth-order valence-electron chi connectivity index (χ4n) is 4.97. The van der Waals surface area contributed by atoms with Crippen LogP contribution in [0.1, 0.15) is 34.9 Å². The number of benzene rings is 3. The number of nitrogens with zero attached hydrogens (tertiary/aromatic N) is 3. The third-order valence-corrected chi connectivity index (χ3v) is 6.51. The molecule has 1 aromatic heterocycles. The van der Waals surface area contributed by atoms with Gasteiger partial charge in [-0.3, -0.25) is 4.79 Å². The molecular formula is C29H31N3O3.